The molecule has 0 spiro atoms. The molecule has 0 radical (unpaired) electrons. The maximum Gasteiger partial charge on any atom is 0.339 e. The molecule has 1 aliphatic carbocycles. The molecule has 180 valence electrons. The largest absolute Gasteiger partial charge is 0.508 e. The number of allylic oxidation sites excluding steroid dienone is 1. The van der Waals surface area contributed by atoms with Crippen molar-refractivity contribution >= 4 is 40.1 Å². The molecule has 6 heteroatoms. The Bertz CT molecular complexity index is 1500. The van der Waals surface area contributed by atoms with E-state index in [1.165, 1.54) is 0 Å². The van der Waals surface area contributed by atoms with Crippen LogP contribution < -0.4 is 5.32 Å². The second-order valence-corrected chi connectivity index (χ2v) is 8.98. The molecular weight excluding hydrogens is 452 g/mol. The summed E-state index contributed by atoms with van der Waals surface area (Å²) in [6.45, 7) is 3.46. The Morgan fingerprint density at radius 3 is 2.44 bits per heavy atom. The van der Waals surface area contributed by atoms with Crippen LogP contribution in [0.15, 0.2) is 66.7 Å². The number of hydrogen-bond acceptors (Lipinski definition) is 5. The Balaban J connectivity index is 1.43. The first-order chi connectivity index (χ1) is 17.4. The van der Waals surface area contributed by atoms with Gasteiger partial charge < -0.3 is 15.2 Å². The molecule has 36 heavy (non-hydrogen) atoms. The number of carbonyl (C=O) groups is 2. The van der Waals surface area contributed by atoms with E-state index in [0.29, 0.717) is 22.9 Å². The summed E-state index contributed by atoms with van der Waals surface area (Å²) in [5, 5.41) is 13.1. The summed E-state index contributed by atoms with van der Waals surface area (Å²) < 4.78 is 5.52. The molecule has 0 bridgehead atoms. The van der Waals surface area contributed by atoms with Gasteiger partial charge in [0.15, 0.2) is 6.61 Å². The number of benzene rings is 3. The minimum atomic E-state index is -0.535. The third-order valence-corrected chi connectivity index (χ3v) is 6.46. The van der Waals surface area contributed by atoms with E-state index < -0.39 is 5.97 Å². The highest BCUT2D eigenvalue weighted by Gasteiger charge is 2.28. The maximum atomic E-state index is 13.3. The molecule has 0 saturated heterocycles. The van der Waals surface area contributed by atoms with Gasteiger partial charge in [-0.2, -0.15) is 0 Å². The summed E-state index contributed by atoms with van der Waals surface area (Å²) in [6, 6.07) is 20.2. The second-order valence-electron chi connectivity index (χ2n) is 8.98. The second kappa shape index (κ2) is 9.66. The fourth-order valence-corrected chi connectivity index (χ4v) is 4.67. The van der Waals surface area contributed by atoms with Crippen LogP contribution in [0.1, 0.15) is 44.7 Å². The van der Waals surface area contributed by atoms with E-state index in [9.17, 15) is 14.7 Å². The van der Waals surface area contributed by atoms with Crippen LogP contribution in [0.4, 0.5) is 5.69 Å². The van der Waals surface area contributed by atoms with Crippen LogP contribution in [0.2, 0.25) is 0 Å². The number of nitrogens with zero attached hydrogens (tertiary/aromatic N) is 1. The highest BCUT2D eigenvalue weighted by molar-refractivity contribution is 6.08. The van der Waals surface area contributed by atoms with Crippen molar-refractivity contribution < 1.29 is 19.4 Å². The zero-order valence-corrected chi connectivity index (χ0v) is 20.2. The van der Waals surface area contributed by atoms with Crippen molar-refractivity contribution in [3.8, 4) is 5.75 Å². The van der Waals surface area contributed by atoms with Gasteiger partial charge in [-0.15, -0.1) is 0 Å². The zero-order valence-electron chi connectivity index (χ0n) is 20.2. The number of amides is 1. The molecule has 3 aromatic carbocycles. The van der Waals surface area contributed by atoms with E-state index in [2.05, 4.69) is 5.32 Å². The van der Waals surface area contributed by atoms with Crippen LogP contribution in [0.3, 0.4) is 0 Å². The molecule has 1 amide bonds. The molecule has 0 saturated carbocycles. The van der Waals surface area contributed by atoms with Crippen molar-refractivity contribution in [2.75, 3.05) is 11.9 Å². The van der Waals surface area contributed by atoms with Gasteiger partial charge in [-0.3, -0.25) is 4.79 Å². The highest BCUT2D eigenvalue weighted by Crippen LogP contribution is 2.38. The summed E-state index contributed by atoms with van der Waals surface area (Å²) in [5.41, 5.74) is 7.35. The quantitative estimate of drug-likeness (QED) is 0.352. The number of ether oxygens (including phenoxy) is 1. The molecule has 0 unspecified atom stereocenters. The summed E-state index contributed by atoms with van der Waals surface area (Å²) in [6.07, 6.45) is 3.41. The third-order valence-electron chi connectivity index (χ3n) is 6.46. The number of phenols is 1. The molecule has 1 aromatic heterocycles. The molecule has 0 fully saturated rings. The van der Waals surface area contributed by atoms with Gasteiger partial charge >= 0.3 is 5.97 Å². The lowest BCUT2D eigenvalue weighted by Crippen LogP contribution is -2.22. The van der Waals surface area contributed by atoms with Crippen molar-refractivity contribution in [1.29, 1.82) is 0 Å². The van der Waals surface area contributed by atoms with Gasteiger partial charge in [0.25, 0.3) is 5.91 Å². The van der Waals surface area contributed by atoms with Gasteiger partial charge in [-0.05, 0) is 78.8 Å². The number of rotatable bonds is 5. The number of nitrogens with one attached hydrogen (secondary N) is 1. The molecule has 1 aliphatic rings. The van der Waals surface area contributed by atoms with Crippen LogP contribution in [0.25, 0.3) is 22.6 Å². The van der Waals surface area contributed by atoms with Crippen molar-refractivity contribution in [1.82, 2.24) is 4.98 Å². The predicted octanol–water partition coefficient (Wildman–Crippen LogP) is 5.84. The number of fused-ring (bicyclic) bond motifs is 2. The lowest BCUT2D eigenvalue weighted by molar-refractivity contribution is -0.119. The molecule has 0 aliphatic heterocycles. The SMILES string of the molecule is Cc1cccc(C)c1NC(=O)COC(=O)c1c2c(nc3ccccc13)C(=Cc1ccc(O)cc1)CC2. The van der Waals surface area contributed by atoms with Crippen LogP contribution in [-0.2, 0) is 16.0 Å². The number of phenolic OH excluding ortho intramolecular Hbond substituents is 1. The normalized spacial score (nSPS) is 13.6. The molecule has 2 N–H and O–H groups in total. The summed E-state index contributed by atoms with van der Waals surface area (Å²) in [4.78, 5) is 30.8. The Labute approximate surface area is 209 Å². The van der Waals surface area contributed by atoms with Gasteiger partial charge in [-0.25, -0.2) is 9.78 Å². The minimum absolute atomic E-state index is 0.208. The number of carbonyl (C=O) groups excluding carboxylic acids is 2. The Morgan fingerprint density at radius 2 is 1.69 bits per heavy atom. The van der Waals surface area contributed by atoms with E-state index in [0.717, 1.165) is 45.6 Å². The summed E-state index contributed by atoms with van der Waals surface area (Å²) in [5.74, 6) is -0.712. The number of pyridine rings is 1. The van der Waals surface area contributed by atoms with E-state index in [4.69, 9.17) is 9.72 Å². The fourth-order valence-electron chi connectivity index (χ4n) is 4.67. The van der Waals surface area contributed by atoms with E-state index in [1.807, 2.05) is 74.5 Å². The number of aryl methyl sites for hydroxylation is 2. The molecule has 1 heterocycles. The lowest BCUT2D eigenvalue weighted by Gasteiger charge is -2.14. The van der Waals surface area contributed by atoms with E-state index in [1.54, 1.807) is 12.1 Å². The fraction of sp³-hybridized carbons (Fsp3) is 0.167. The monoisotopic (exact) mass is 478 g/mol. The van der Waals surface area contributed by atoms with Crippen molar-refractivity contribution in [3.63, 3.8) is 0 Å². The van der Waals surface area contributed by atoms with Crippen LogP contribution in [0.5, 0.6) is 5.75 Å². The topological polar surface area (TPSA) is 88.5 Å². The zero-order chi connectivity index (χ0) is 25.2. The van der Waals surface area contributed by atoms with Gasteiger partial charge in [0.2, 0.25) is 0 Å². The number of aromatic hydroxyl groups is 1. The summed E-state index contributed by atoms with van der Waals surface area (Å²) >= 11 is 0. The van der Waals surface area contributed by atoms with Gasteiger partial charge in [0, 0.05) is 11.1 Å². The van der Waals surface area contributed by atoms with Crippen molar-refractivity contribution in [2.45, 2.75) is 26.7 Å². The Morgan fingerprint density at radius 1 is 0.972 bits per heavy atom. The molecule has 4 aromatic rings. The van der Waals surface area contributed by atoms with E-state index in [-0.39, 0.29) is 18.3 Å². The smallest absolute Gasteiger partial charge is 0.339 e. The van der Waals surface area contributed by atoms with Crippen LogP contribution in [-0.4, -0.2) is 28.6 Å². The molecular formula is C30H26N2O4. The number of anilines is 1. The van der Waals surface area contributed by atoms with Gasteiger partial charge in [0.1, 0.15) is 5.75 Å². The molecule has 6 nitrogen and oxygen atoms in total. The minimum Gasteiger partial charge on any atom is -0.508 e. The third kappa shape index (κ3) is 4.58. The van der Waals surface area contributed by atoms with Crippen molar-refractivity contribution in [2.24, 2.45) is 0 Å². The number of esters is 1. The van der Waals surface area contributed by atoms with Gasteiger partial charge in [0.05, 0.1) is 16.8 Å². The molecule has 0 atom stereocenters. The van der Waals surface area contributed by atoms with Crippen LogP contribution in [0, 0.1) is 13.8 Å². The first-order valence-electron chi connectivity index (χ1n) is 11.9. The average molecular weight is 479 g/mol. The van der Waals surface area contributed by atoms with Gasteiger partial charge in [-0.1, -0.05) is 48.5 Å². The first-order valence-corrected chi connectivity index (χ1v) is 11.9. The number of aromatic nitrogens is 1. The standard InChI is InChI=1S/C30H26N2O4/c1-18-6-5-7-19(2)28(18)32-26(34)17-36-30(35)27-23-8-3-4-9-25(23)31-29-21(12-15-24(27)29)16-20-10-13-22(33)14-11-20/h3-11,13-14,16,33H,12,15,17H2,1-2H3,(H,32,34). The Kier molecular flexibility index (Phi) is 6.25. The van der Waals surface area contributed by atoms with Crippen LogP contribution >= 0.6 is 0 Å². The summed E-state index contributed by atoms with van der Waals surface area (Å²) in [7, 11) is 0. The number of para-hydroxylation sites is 2. The number of hydrogen-bond donors (Lipinski definition) is 2. The van der Waals surface area contributed by atoms with Crippen molar-refractivity contribution in [3.05, 3.63) is 100 Å². The average Bonchev–Trinajstić information content (AvgIpc) is 3.26. The Hall–Kier alpha value is -4.45. The highest BCUT2D eigenvalue weighted by atomic mass is 16.5. The first kappa shape index (κ1) is 23.3. The lowest BCUT2D eigenvalue weighted by atomic mass is 10.0. The maximum absolute atomic E-state index is 13.3. The van der Waals surface area contributed by atoms with E-state index >= 15 is 0 Å². The molecule has 5 rings (SSSR count). The predicted molar refractivity (Wildman–Crippen MR) is 141 cm³/mol.